The summed E-state index contributed by atoms with van der Waals surface area (Å²) >= 11 is 0. The van der Waals surface area contributed by atoms with Gasteiger partial charge in [0.1, 0.15) is 22.9 Å². The first-order chi connectivity index (χ1) is 7.15. The maximum absolute atomic E-state index is 10.1. The first-order valence-electron chi connectivity index (χ1n) is 5.54. The van der Waals surface area contributed by atoms with E-state index in [1.165, 1.54) is 5.75 Å². The van der Waals surface area contributed by atoms with E-state index in [0.717, 1.165) is 11.3 Å². The third-order valence-electron chi connectivity index (χ3n) is 2.59. The molecule has 0 aliphatic carbocycles. The van der Waals surface area contributed by atoms with Crippen molar-refractivity contribution in [3.8, 4) is 0 Å². The van der Waals surface area contributed by atoms with Gasteiger partial charge in [-0.1, -0.05) is 30.3 Å². The summed E-state index contributed by atoms with van der Waals surface area (Å²) in [6.07, 6.45) is -0.295. The summed E-state index contributed by atoms with van der Waals surface area (Å²) in [6, 6.07) is 9.96. The second-order valence-corrected chi connectivity index (χ2v) is 6.90. The average molecular weight is 225 g/mol. The Morgan fingerprint density at radius 3 is 2.27 bits per heavy atom. The second kappa shape index (κ2) is 6.19. The molecule has 0 amide bonds. The van der Waals surface area contributed by atoms with Gasteiger partial charge in [0.15, 0.2) is 0 Å². The van der Waals surface area contributed by atoms with Crippen LogP contribution < -0.4 is 0 Å². The minimum absolute atomic E-state index is 0.295. The van der Waals surface area contributed by atoms with Crippen LogP contribution in [0.3, 0.4) is 0 Å². The lowest BCUT2D eigenvalue weighted by Gasteiger charge is -2.14. The Bertz CT molecular complexity index is 271. The summed E-state index contributed by atoms with van der Waals surface area (Å²) < 4.78 is 0. The van der Waals surface area contributed by atoms with Crippen LogP contribution in [0.2, 0.25) is 0 Å². The summed E-state index contributed by atoms with van der Waals surface area (Å²) in [5, 5.41) is 10.8. The molecule has 0 aliphatic rings. The van der Waals surface area contributed by atoms with Gasteiger partial charge in [-0.2, -0.15) is 0 Å². The molecular formula is C13H21OS+. The van der Waals surface area contributed by atoms with Crippen molar-refractivity contribution in [3.05, 3.63) is 35.9 Å². The van der Waals surface area contributed by atoms with Crippen LogP contribution in [-0.2, 0) is 10.9 Å². The van der Waals surface area contributed by atoms with Crippen LogP contribution >= 0.6 is 0 Å². The lowest BCUT2D eigenvalue weighted by molar-refractivity contribution is 0.203. The van der Waals surface area contributed by atoms with E-state index in [1.807, 2.05) is 30.3 Å². The Morgan fingerprint density at radius 1 is 1.20 bits per heavy atom. The van der Waals surface area contributed by atoms with Crippen molar-refractivity contribution in [2.75, 3.05) is 11.5 Å². The molecule has 2 unspecified atom stereocenters. The fourth-order valence-corrected chi connectivity index (χ4v) is 3.50. The topological polar surface area (TPSA) is 20.2 Å². The van der Waals surface area contributed by atoms with E-state index in [9.17, 15) is 5.11 Å². The maximum atomic E-state index is 10.1. The Kier molecular flexibility index (Phi) is 5.20. The van der Waals surface area contributed by atoms with Crippen LogP contribution in [-0.4, -0.2) is 21.9 Å². The lowest BCUT2D eigenvalue weighted by Crippen LogP contribution is -2.24. The number of benzene rings is 1. The predicted molar refractivity (Wildman–Crippen MR) is 69.3 cm³/mol. The Labute approximate surface area is 95.9 Å². The number of hydrogen-bond acceptors (Lipinski definition) is 1. The fourth-order valence-electron chi connectivity index (χ4n) is 1.62. The van der Waals surface area contributed by atoms with Crippen molar-refractivity contribution in [2.24, 2.45) is 0 Å². The highest BCUT2D eigenvalue weighted by atomic mass is 32.2. The summed E-state index contributed by atoms with van der Waals surface area (Å²) in [7, 11) is 0.336. The standard InChI is InChI=1S/C13H21OS/c1-4-15(11(2)3)10-13(14)12-8-6-5-7-9-12/h5-9,11,13-14H,4,10H2,1-3H3/q+1. The van der Waals surface area contributed by atoms with Gasteiger partial charge in [0.25, 0.3) is 0 Å². The highest BCUT2D eigenvalue weighted by Gasteiger charge is 2.24. The zero-order valence-electron chi connectivity index (χ0n) is 9.81. The molecule has 0 bridgehead atoms. The number of rotatable bonds is 5. The molecule has 0 aromatic heterocycles. The van der Waals surface area contributed by atoms with Crippen LogP contribution in [0.4, 0.5) is 0 Å². The quantitative estimate of drug-likeness (QED) is 0.764. The largest absolute Gasteiger partial charge is 0.383 e. The van der Waals surface area contributed by atoms with Crippen molar-refractivity contribution in [1.29, 1.82) is 0 Å². The molecule has 84 valence electrons. The van der Waals surface area contributed by atoms with Gasteiger partial charge < -0.3 is 5.11 Å². The highest BCUT2D eigenvalue weighted by molar-refractivity contribution is 7.97. The molecule has 0 saturated heterocycles. The van der Waals surface area contributed by atoms with Crippen molar-refractivity contribution in [3.63, 3.8) is 0 Å². The van der Waals surface area contributed by atoms with Crippen LogP contribution in [0.1, 0.15) is 32.4 Å². The van der Waals surface area contributed by atoms with Gasteiger partial charge in [0.2, 0.25) is 0 Å². The molecule has 1 aromatic carbocycles. The molecule has 0 heterocycles. The number of aliphatic hydroxyl groups is 1. The molecule has 0 radical (unpaired) electrons. The molecule has 2 heteroatoms. The molecule has 15 heavy (non-hydrogen) atoms. The first kappa shape index (κ1) is 12.6. The van der Waals surface area contributed by atoms with Crippen LogP contribution in [0.25, 0.3) is 0 Å². The van der Waals surface area contributed by atoms with Crippen LogP contribution in [0, 0.1) is 0 Å². The molecule has 0 aliphatic heterocycles. The Morgan fingerprint density at radius 2 is 1.80 bits per heavy atom. The summed E-state index contributed by atoms with van der Waals surface area (Å²) in [5.41, 5.74) is 1.05. The van der Waals surface area contributed by atoms with Gasteiger partial charge >= 0.3 is 0 Å². The fraction of sp³-hybridized carbons (Fsp3) is 0.538. The monoisotopic (exact) mass is 225 g/mol. The Hall–Kier alpha value is -0.470. The van der Waals surface area contributed by atoms with Gasteiger partial charge in [-0.05, 0) is 37.2 Å². The average Bonchev–Trinajstić information content (AvgIpc) is 2.26. The van der Waals surface area contributed by atoms with E-state index in [4.69, 9.17) is 0 Å². The SMILES string of the molecule is CC[S+](CC(O)c1ccccc1)C(C)C. The zero-order valence-corrected chi connectivity index (χ0v) is 10.6. The maximum Gasteiger partial charge on any atom is 0.138 e. The molecule has 0 saturated carbocycles. The summed E-state index contributed by atoms with van der Waals surface area (Å²) in [5.74, 6) is 2.07. The third kappa shape index (κ3) is 3.88. The van der Waals surface area contributed by atoms with Gasteiger partial charge in [-0.25, -0.2) is 0 Å². The normalized spacial score (nSPS) is 15.3. The lowest BCUT2D eigenvalue weighted by atomic mass is 10.1. The van der Waals surface area contributed by atoms with E-state index in [-0.39, 0.29) is 6.10 Å². The van der Waals surface area contributed by atoms with Gasteiger partial charge in [0.05, 0.1) is 0 Å². The smallest absolute Gasteiger partial charge is 0.138 e. The molecule has 1 aromatic rings. The molecule has 0 fully saturated rings. The predicted octanol–water partition coefficient (Wildman–Crippen LogP) is 2.77. The minimum Gasteiger partial charge on any atom is -0.383 e. The van der Waals surface area contributed by atoms with Gasteiger partial charge in [-0.3, -0.25) is 0 Å². The first-order valence-corrected chi connectivity index (χ1v) is 7.17. The van der Waals surface area contributed by atoms with Crippen molar-refractivity contribution < 1.29 is 5.11 Å². The van der Waals surface area contributed by atoms with E-state index in [2.05, 4.69) is 20.8 Å². The minimum atomic E-state index is -0.295. The van der Waals surface area contributed by atoms with E-state index in [1.54, 1.807) is 0 Å². The van der Waals surface area contributed by atoms with E-state index < -0.39 is 0 Å². The van der Waals surface area contributed by atoms with Gasteiger partial charge in [-0.15, -0.1) is 0 Å². The molecule has 1 nitrogen and oxygen atoms in total. The molecular weight excluding hydrogens is 204 g/mol. The van der Waals surface area contributed by atoms with Gasteiger partial charge in [0, 0.05) is 0 Å². The van der Waals surface area contributed by atoms with Crippen molar-refractivity contribution in [2.45, 2.75) is 32.1 Å². The molecule has 1 N–H and O–H groups in total. The van der Waals surface area contributed by atoms with Crippen LogP contribution in [0.15, 0.2) is 30.3 Å². The van der Waals surface area contributed by atoms with Crippen molar-refractivity contribution >= 4 is 10.9 Å². The Balaban J connectivity index is 2.58. The van der Waals surface area contributed by atoms with E-state index >= 15 is 0 Å². The molecule has 2 atom stereocenters. The van der Waals surface area contributed by atoms with Crippen molar-refractivity contribution in [1.82, 2.24) is 0 Å². The molecule has 0 spiro atoms. The number of hydrogen-bond donors (Lipinski definition) is 1. The highest BCUT2D eigenvalue weighted by Crippen LogP contribution is 2.18. The molecule has 1 rings (SSSR count). The summed E-state index contributed by atoms with van der Waals surface area (Å²) in [6.45, 7) is 6.69. The summed E-state index contributed by atoms with van der Waals surface area (Å²) in [4.78, 5) is 0. The van der Waals surface area contributed by atoms with E-state index in [0.29, 0.717) is 16.1 Å². The zero-order chi connectivity index (χ0) is 11.3. The second-order valence-electron chi connectivity index (χ2n) is 3.97. The number of aliphatic hydroxyl groups excluding tert-OH is 1. The third-order valence-corrected chi connectivity index (χ3v) is 5.41. The van der Waals surface area contributed by atoms with Crippen LogP contribution in [0.5, 0.6) is 0 Å².